The van der Waals surface area contributed by atoms with Gasteiger partial charge >= 0.3 is 12.2 Å². The Hall–Kier alpha value is -5.50. The zero-order valence-electron chi connectivity index (χ0n) is 33.5. The van der Waals surface area contributed by atoms with E-state index < -0.39 is 35.9 Å². The number of allylic oxidation sites excluding steroid dienone is 1. The molecule has 1 spiro atoms. The quantitative estimate of drug-likeness (QED) is 0.191. The summed E-state index contributed by atoms with van der Waals surface area (Å²) in [6, 6.07) is 14.7. The van der Waals surface area contributed by atoms with Crippen molar-refractivity contribution in [2.45, 2.75) is 102 Å². The molecule has 3 aliphatic heterocycles. The van der Waals surface area contributed by atoms with E-state index >= 15 is 0 Å². The first-order chi connectivity index (χ1) is 27.4. The number of aromatic nitrogens is 2. The Balaban J connectivity index is 0.993. The van der Waals surface area contributed by atoms with Crippen LogP contribution in [0.15, 0.2) is 65.9 Å². The highest BCUT2D eigenvalue weighted by molar-refractivity contribution is 6.04. The monoisotopic (exact) mass is 779 g/mol. The zero-order valence-corrected chi connectivity index (χ0v) is 33.5. The maximum atomic E-state index is 13.8. The predicted molar refractivity (Wildman–Crippen MR) is 214 cm³/mol. The van der Waals surface area contributed by atoms with Crippen molar-refractivity contribution in [1.29, 1.82) is 0 Å². The average molecular weight is 780 g/mol. The molecule has 1 saturated carbocycles. The molecular formula is C43H53N7O7. The van der Waals surface area contributed by atoms with Gasteiger partial charge in [0.15, 0.2) is 0 Å². The van der Waals surface area contributed by atoms with Gasteiger partial charge in [-0.15, -0.1) is 0 Å². The molecule has 7 rings (SSSR count). The van der Waals surface area contributed by atoms with Gasteiger partial charge < -0.3 is 30.0 Å². The van der Waals surface area contributed by atoms with E-state index in [4.69, 9.17) is 24.3 Å². The van der Waals surface area contributed by atoms with Crippen LogP contribution in [0.5, 0.6) is 0 Å². The standard InChI is InChI=1S/C43H53N7O7/c1-25(2)36(47-41(53)55-5)39(51)49-20-7-9-34(49)32-21-31(23-44-32)29-12-10-27(11-13-29)28-14-16-30(17-15-28)33-24-45-38(46-33)35-22-43(18-8-19-43)57-50(35)40(52)37(26(3)4)48-42(54)56-6/h10-17,23-26,34-37H,7-9,18-22H2,1-6H3,(H,45,46)(H,47,53)(H,48,54)/t34-,35-,36-,37?/m0/s1. The van der Waals surface area contributed by atoms with Crippen molar-refractivity contribution < 1.29 is 33.5 Å². The topological polar surface area (TPSA) is 168 Å². The van der Waals surface area contributed by atoms with Gasteiger partial charge in [0.25, 0.3) is 5.91 Å². The third-order valence-electron chi connectivity index (χ3n) is 11.8. The van der Waals surface area contributed by atoms with Gasteiger partial charge in [0, 0.05) is 31.3 Å². The summed E-state index contributed by atoms with van der Waals surface area (Å²) in [4.78, 5) is 72.6. The van der Waals surface area contributed by atoms with Crippen LogP contribution in [0.1, 0.15) is 90.1 Å². The first-order valence-corrected chi connectivity index (χ1v) is 19.9. The molecule has 4 heterocycles. The van der Waals surface area contributed by atoms with Crippen LogP contribution >= 0.6 is 0 Å². The maximum absolute atomic E-state index is 13.8. The number of imidazole rings is 1. The van der Waals surface area contributed by atoms with Gasteiger partial charge in [-0.25, -0.2) is 19.6 Å². The molecule has 1 aliphatic carbocycles. The highest BCUT2D eigenvalue weighted by Gasteiger charge is 2.54. The Kier molecular flexibility index (Phi) is 11.5. The molecule has 1 unspecified atom stereocenters. The summed E-state index contributed by atoms with van der Waals surface area (Å²) in [5, 5.41) is 6.81. The number of ether oxygens (including phenoxy) is 2. The normalized spacial score (nSPS) is 20.9. The number of nitrogens with zero attached hydrogens (tertiary/aromatic N) is 4. The van der Waals surface area contributed by atoms with Gasteiger partial charge in [-0.3, -0.25) is 19.4 Å². The van der Waals surface area contributed by atoms with Crippen LogP contribution in [0.4, 0.5) is 9.59 Å². The van der Waals surface area contributed by atoms with Gasteiger partial charge in [0.05, 0.1) is 37.8 Å². The van der Waals surface area contributed by atoms with Crippen LogP contribution in [0, 0.1) is 11.8 Å². The number of H-pyrrole nitrogens is 1. The molecule has 4 aliphatic rings. The highest BCUT2D eigenvalue weighted by atomic mass is 16.7. The number of amides is 4. The minimum atomic E-state index is -0.811. The number of benzene rings is 2. The van der Waals surface area contributed by atoms with Crippen molar-refractivity contribution in [1.82, 2.24) is 30.6 Å². The fourth-order valence-corrected chi connectivity index (χ4v) is 8.31. The summed E-state index contributed by atoms with van der Waals surface area (Å²) in [6.45, 7) is 8.20. The lowest BCUT2D eigenvalue weighted by molar-refractivity contribution is -0.230. The number of nitrogens with one attached hydrogen (secondary N) is 3. The van der Waals surface area contributed by atoms with Crippen molar-refractivity contribution >= 4 is 35.3 Å². The Morgan fingerprint density at radius 3 is 1.95 bits per heavy atom. The molecule has 14 nitrogen and oxygen atoms in total. The van der Waals surface area contributed by atoms with Crippen LogP contribution < -0.4 is 10.6 Å². The van der Waals surface area contributed by atoms with Gasteiger partial charge in [0.2, 0.25) is 5.91 Å². The molecule has 2 saturated heterocycles. The molecule has 3 fully saturated rings. The van der Waals surface area contributed by atoms with E-state index in [0.717, 1.165) is 71.3 Å². The molecule has 302 valence electrons. The summed E-state index contributed by atoms with van der Waals surface area (Å²) in [5.74, 6) is -0.0644. The average Bonchev–Trinajstić information content (AvgIpc) is 4.04. The number of aromatic amines is 1. The van der Waals surface area contributed by atoms with Crippen LogP contribution in [0.25, 0.3) is 28.0 Å². The first-order valence-electron chi connectivity index (χ1n) is 19.9. The van der Waals surface area contributed by atoms with Crippen molar-refractivity contribution in [2.24, 2.45) is 16.8 Å². The van der Waals surface area contributed by atoms with Gasteiger partial charge in [-0.2, -0.15) is 0 Å². The van der Waals surface area contributed by atoms with E-state index in [9.17, 15) is 19.2 Å². The van der Waals surface area contributed by atoms with E-state index in [1.807, 2.05) is 38.8 Å². The minimum Gasteiger partial charge on any atom is -0.453 e. The van der Waals surface area contributed by atoms with Crippen molar-refractivity contribution in [3.8, 4) is 22.4 Å². The second-order valence-corrected chi connectivity index (χ2v) is 16.2. The highest BCUT2D eigenvalue weighted by Crippen LogP contribution is 2.50. The summed E-state index contributed by atoms with van der Waals surface area (Å²) < 4.78 is 9.55. The van der Waals surface area contributed by atoms with Gasteiger partial charge in [-0.1, -0.05) is 76.2 Å². The number of methoxy groups -OCH3 is 2. The minimum absolute atomic E-state index is 0.0883. The molecule has 1 aromatic heterocycles. The van der Waals surface area contributed by atoms with E-state index in [-0.39, 0.29) is 29.7 Å². The van der Waals surface area contributed by atoms with Crippen LogP contribution in [-0.2, 0) is 23.9 Å². The second-order valence-electron chi connectivity index (χ2n) is 16.2. The number of likely N-dealkylation sites (tertiary alicyclic amines) is 1. The number of aliphatic imine (C=N–C) groups is 1. The maximum Gasteiger partial charge on any atom is 0.407 e. The Morgan fingerprint density at radius 2 is 1.39 bits per heavy atom. The van der Waals surface area contributed by atoms with Crippen LogP contribution in [0.2, 0.25) is 0 Å². The molecule has 4 amide bonds. The molecule has 4 atom stereocenters. The number of carbonyl (C=O) groups excluding carboxylic acids is 4. The van der Waals surface area contributed by atoms with E-state index in [1.165, 1.54) is 19.3 Å². The predicted octanol–water partition coefficient (Wildman–Crippen LogP) is 6.81. The molecule has 0 radical (unpaired) electrons. The number of hydrogen-bond acceptors (Lipinski definition) is 9. The number of hydroxylamine groups is 2. The first kappa shape index (κ1) is 39.7. The van der Waals surface area contributed by atoms with Crippen molar-refractivity contribution in [2.75, 3.05) is 20.8 Å². The van der Waals surface area contributed by atoms with Crippen molar-refractivity contribution in [3.05, 3.63) is 72.3 Å². The third-order valence-corrected chi connectivity index (χ3v) is 11.8. The Morgan fingerprint density at radius 1 is 0.807 bits per heavy atom. The molecular weight excluding hydrogens is 727 g/mol. The summed E-state index contributed by atoms with van der Waals surface area (Å²) in [6.07, 6.45) is 8.20. The zero-order chi connectivity index (χ0) is 40.4. The lowest BCUT2D eigenvalue weighted by atomic mass is 9.77. The van der Waals surface area contributed by atoms with E-state index in [0.29, 0.717) is 25.2 Å². The lowest BCUT2D eigenvalue weighted by Crippen LogP contribution is -2.53. The van der Waals surface area contributed by atoms with Gasteiger partial charge in [0.1, 0.15) is 23.9 Å². The number of rotatable bonds is 11. The number of alkyl carbamates (subject to hydrolysis) is 2. The largest absolute Gasteiger partial charge is 0.453 e. The SMILES string of the molecule is COC(=O)NC(C(=O)N1OC2(CCC2)C[C@H]1c1ncc(-c2ccc(-c3ccc(C4=CN=C([C@@H]5CCCN5C(=O)[C@@H](NC(=O)OC)C(C)C)C4)cc3)cc2)[nH]1)C(C)C. The molecule has 0 bridgehead atoms. The van der Waals surface area contributed by atoms with Crippen LogP contribution in [-0.4, -0.2) is 94.1 Å². The van der Waals surface area contributed by atoms with Crippen molar-refractivity contribution in [3.63, 3.8) is 0 Å². The lowest BCUT2D eigenvalue weighted by Gasteiger charge is -2.37. The van der Waals surface area contributed by atoms with Crippen LogP contribution in [0.3, 0.4) is 0 Å². The summed E-state index contributed by atoms with van der Waals surface area (Å²) in [5.41, 5.74) is 6.67. The fraction of sp³-hybridized carbons (Fsp3) is 0.488. The Labute approximate surface area is 333 Å². The molecule has 3 N–H and O–H groups in total. The molecule has 14 heteroatoms. The number of hydrogen-bond donors (Lipinski definition) is 3. The van der Waals surface area contributed by atoms with E-state index in [2.05, 4.69) is 64.1 Å². The fourth-order valence-electron chi connectivity index (χ4n) is 8.31. The van der Waals surface area contributed by atoms with E-state index in [1.54, 1.807) is 6.20 Å². The molecule has 3 aromatic rings. The number of carbonyl (C=O) groups is 4. The summed E-state index contributed by atoms with van der Waals surface area (Å²) >= 11 is 0. The third kappa shape index (κ3) is 8.18. The molecule has 2 aromatic carbocycles. The smallest absolute Gasteiger partial charge is 0.407 e. The molecule has 57 heavy (non-hydrogen) atoms. The van der Waals surface area contributed by atoms with Gasteiger partial charge in [-0.05, 0) is 71.8 Å². The Bertz CT molecular complexity index is 2030. The summed E-state index contributed by atoms with van der Waals surface area (Å²) in [7, 11) is 2.57. The second kappa shape index (κ2) is 16.5.